The van der Waals surface area contributed by atoms with E-state index in [1.54, 1.807) is 22.8 Å². The van der Waals surface area contributed by atoms with Crippen molar-refractivity contribution in [1.29, 1.82) is 0 Å². The average molecular weight is 252 g/mol. The summed E-state index contributed by atoms with van der Waals surface area (Å²) in [7, 11) is 1.76. The number of carbonyl (C=O) groups excluding carboxylic acids is 1. The molecule has 1 aliphatic heterocycles. The number of likely N-dealkylation sites (N-methyl/N-ethyl adjacent to an activating group) is 1. The zero-order chi connectivity index (χ0) is 13.1. The first-order chi connectivity index (χ1) is 8.61. The van der Waals surface area contributed by atoms with E-state index >= 15 is 0 Å². The normalized spacial score (nSPS) is 19.1. The van der Waals surface area contributed by atoms with Crippen molar-refractivity contribution in [3.05, 3.63) is 11.9 Å². The summed E-state index contributed by atoms with van der Waals surface area (Å²) >= 11 is 0. The van der Waals surface area contributed by atoms with Crippen LogP contribution in [0.3, 0.4) is 0 Å². The van der Waals surface area contributed by atoms with Crippen LogP contribution in [-0.2, 0) is 11.3 Å². The van der Waals surface area contributed by atoms with Gasteiger partial charge in [0.25, 0.3) is 5.91 Å². The molecule has 0 aliphatic carbocycles. The molecule has 1 aliphatic rings. The predicted octanol–water partition coefficient (Wildman–Crippen LogP) is 0.736. The fraction of sp³-hybridized carbons (Fsp3) is 0.667. The van der Waals surface area contributed by atoms with Crippen LogP contribution in [-0.4, -0.2) is 46.9 Å². The van der Waals surface area contributed by atoms with E-state index in [0.717, 1.165) is 19.4 Å². The van der Waals surface area contributed by atoms with Crippen LogP contribution < -0.4 is 5.73 Å². The summed E-state index contributed by atoms with van der Waals surface area (Å²) in [5, 5.41) is 4.18. The molecular weight excluding hydrogens is 232 g/mol. The number of carbonyl (C=O) groups is 1. The van der Waals surface area contributed by atoms with E-state index in [9.17, 15) is 4.79 Å². The highest BCUT2D eigenvalue weighted by molar-refractivity contribution is 5.96. The minimum atomic E-state index is -0.143. The molecule has 1 aromatic rings. The lowest BCUT2D eigenvalue weighted by molar-refractivity contribution is 0.0583. The third kappa shape index (κ3) is 2.64. The first-order valence-corrected chi connectivity index (χ1v) is 6.31. The maximum atomic E-state index is 12.2. The lowest BCUT2D eigenvalue weighted by Gasteiger charge is -2.20. The first-order valence-electron chi connectivity index (χ1n) is 6.31. The molecular formula is C12H20N4O2. The van der Waals surface area contributed by atoms with Crippen molar-refractivity contribution in [2.45, 2.75) is 32.4 Å². The second-order valence-electron chi connectivity index (χ2n) is 4.61. The Bertz CT molecular complexity index is 424. The number of aromatic nitrogens is 2. The Kier molecular flexibility index (Phi) is 3.86. The molecule has 1 amide bonds. The van der Waals surface area contributed by atoms with Gasteiger partial charge in [0, 0.05) is 32.9 Å². The molecule has 0 saturated carbocycles. The van der Waals surface area contributed by atoms with Gasteiger partial charge in [-0.05, 0) is 19.8 Å². The Balaban J connectivity index is 2.02. The van der Waals surface area contributed by atoms with Crippen molar-refractivity contribution >= 4 is 11.6 Å². The Labute approximate surface area is 107 Å². The third-order valence-corrected chi connectivity index (χ3v) is 3.16. The summed E-state index contributed by atoms with van der Waals surface area (Å²) in [4.78, 5) is 13.8. The van der Waals surface area contributed by atoms with Gasteiger partial charge in [0.2, 0.25) is 0 Å². The van der Waals surface area contributed by atoms with Gasteiger partial charge in [0.05, 0.1) is 11.8 Å². The summed E-state index contributed by atoms with van der Waals surface area (Å²) in [5.41, 5.74) is 6.56. The quantitative estimate of drug-likeness (QED) is 0.857. The highest BCUT2D eigenvalue weighted by Crippen LogP contribution is 2.16. The molecule has 18 heavy (non-hydrogen) atoms. The van der Waals surface area contributed by atoms with Crippen molar-refractivity contribution in [1.82, 2.24) is 14.7 Å². The zero-order valence-electron chi connectivity index (χ0n) is 10.9. The molecule has 0 radical (unpaired) electrons. The molecule has 100 valence electrons. The molecule has 0 bridgehead atoms. The van der Waals surface area contributed by atoms with Crippen LogP contribution >= 0.6 is 0 Å². The monoisotopic (exact) mass is 252 g/mol. The number of nitrogens with two attached hydrogens (primary N) is 1. The number of ether oxygens (including phenoxy) is 1. The molecule has 1 fully saturated rings. The third-order valence-electron chi connectivity index (χ3n) is 3.16. The fourth-order valence-electron chi connectivity index (χ4n) is 2.12. The summed E-state index contributed by atoms with van der Waals surface area (Å²) in [5.74, 6) is -0.143. The number of nitrogens with zero attached hydrogens (tertiary/aromatic N) is 3. The largest absolute Gasteiger partial charge is 0.396 e. The highest BCUT2D eigenvalue weighted by atomic mass is 16.5. The number of nitrogen functional groups attached to an aromatic ring is 1. The molecule has 2 heterocycles. The second-order valence-corrected chi connectivity index (χ2v) is 4.61. The van der Waals surface area contributed by atoms with E-state index < -0.39 is 0 Å². The van der Waals surface area contributed by atoms with Crippen LogP contribution in [0, 0.1) is 0 Å². The standard InChI is InChI=1S/C12H20N4O2/c1-3-16-8-10(13)11(14-16)12(17)15(2)7-9-5-4-6-18-9/h8-9H,3-7,13H2,1-2H3. The van der Waals surface area contributed by atoms with Gasteiger partial charge >= 0.3 is 0 Å². The van der Waals surface area contributed by atoms with Crippen LogP contribution in [0.5, 0.6) is 0 Å². The number of anilines is 1. The van der Waals surface area contributed by atoms with Gasteiger partial charge in [0.1, 0.15) is 0 Å². The van der Waals surface area contributed by atoms with E-state index in [4.69, 9.17) is 10.5 Å². The van der Waals surface area contributed by atoms with Crippen LogP contribution in [0.2, 0.25) is 0 Å². The Hall–Kier alpha value is -1.56. The van der Waals surface area contributed by atoms with E-state index in [-0.39, 0.29) is 12.0 Å². The van der Waals surface area contributed by atoms with E-state index in [1.165, 1.54) is 0 Å². The predicted molar refractivity (Wildman–Crippen MR) is 68.2 cm³/mol. The number of amides is 1. The Morgan fingerprint density at radius 3 is 3.06 bits per heavy atom. The Morgan fingerprint density at radius 1 is 1.72 bits per heavy atom. The van der Waals surface area contributed by atoms with Gasteiger partial charge in [0.15, 0.2) is 5.69 Å². The minimum Gasteiger partial charge on any atom is -0.396 e. The molecule has 1 atom stereocenters. The first kappa shape index (κ1) is 12.9. The van der Waals surface area contributed by atoms with Crippen LogP contribution in [0.15, 0.2) is 6.20 Å². The zero-order valence-corrected chi connectivity index (χ0v) is 10.9. The van der Waals surface area contributed by atoms with Gasteiger partial charge < -0.3 is 15.4 Å². The van der Waals surface area contributed by atoms with Crippen LogP contribution in [0.1, 0.15) is 30.3 Å². The topological polar surface area (TPSA) is 73.4 Å². The SMILES string of the molecule is CCn1cc(N)c(C(=O)N(C)CC2CCCO2)n1. The lowest BCUT2D eigenvalue weighted by Crippen LogP contribution is -2.34. The van der Waals surface area contributed by atoms with Gasteiger partial charge in [-0.3, -0.25) is 9.48 Å². The molecule has 0 spiro atoms. The number of hydrogen-bond acceptors (Lipinski definition) is 4. The number of rotatable bonds is 4. The second kappa shape index (κ2) is 5.39. The summed E-state index contributed by atoms with van der Waals surface area (Å²) in [6, 6.07) is 0. The average Bonchev–Trinajstić information content (AvgIpc) is 2.97. The molecule has 1 unspecified atom stereocenters. The molecule has 6 heteroatoms. The summed E-state index contributed by atoms with van der Waals surface area (Å²) < 4.78 is 7.18. The van der Waals surface area contributed by atoms with Crippen molar-refractivity contribution in [2.75, 3.05) is 25.9 Å². The fourth-order valence-corrected chi connectivity index (χ4v) is 2.12. The minimum absolute atomic E-state index is 0.143. The van der Waals surface area contributed by atoms with Gasteiger partial charge in [-0.2, -0.15) is 5.10 Å². The van der Waals surface area contributed by atoms with Gasteiger partial charge in [-0.25, -0.2) is 0 Å². The molecule has 6 nitrogen and oxygen atoms in total. The number of hydrogen-bond donors (Lipinski definition) is 1. The summed E-state index contributed by atoms with van der Waals surface area (Å²) in [6.45, 7) is 4.04. The maximum absolute atomic E-state index is 12.2. The van der Waals surface area contributed by atoms with Crippen molar-refractivity contribution in [3.8, 4) is 0 Å². The number of aryl methyl sites for hydroxylation is 1. The van der Waals surface area contributed by atoms with Crippen LogP contribution in [0.25, 0.3) is 0 Å². The van der Waals surface area contributed by atoms with Crippen molar-refractivity contribution in [3.63, 3.8) is 0 Å². The lowest BCUT2D eigenvalue weighted by atomic mass is 10.2. The van der Waals surface area contributed by atoms with Crippen molar-refractivity contribution in [2.24, 2.45) is 0 Å². The molecule has 2 N–H and O–H groups in total. The van der Waals surface area contributed by atoms with E-state index in [1.807, 2.05) is 6.92 Å². The van der Waals surface area contributed by atoms with Gasteiger partial charge in [-0.1, -0.05) is 0 Å². The summed E-state index contributed by atoms with van der Waals surface area (Å²) in [6.07, 6.45) is 3.91. The van der Waals surface area contributed by atoms with E-state index in [2.05, 4.69) is 5.10 Å². The van der Waals surface area contributed by atoms with Gasteiger partial charge in [-0.15, -0.1) is 0 Å². The Morgan fingerprint density at radius 2 is 2.50 bits per heavy atom. The molecule has 0 aromatic carbocycles. The molecule has 1 aromatic heterocycles. The highest BCUT2D eigenvalue weighted by Gasteiger charge is 2.23. The van der Waals surface area contributed by atoms with E-state index in [0.29, 0.717) is 24.5 Å². The smallest absolute Gasteiger partial charge is 0.276 e. The van der Waals surface area contributed by atoms with Crippen molar-refractivity contribution < 1.29 is 9.53 Å². The molecule has 2 rings (SSSR count). The molecule has 1 saturated heterocycles. The maximum Gasteiger partial charge on any atom is 0.276 e. The van der Waals surface area contributed by atoms with Crippen LogP contribution in [0.4, 0.5) is 5.69 Å².